The molecule has 1 rings (SSSR count). The molecule has 0 aliphatic heterocycles. The first-order valence-electron chi connectivity index (χ1n) is 3.42. The Kier molecular flexibility index (Phi) is 2.69. The molecule has 1 aliphatic rings. The Morgan fingerprint density at radius 2 is 2.50 bits per heavy atom. The number of halogens is 1. The normalized spacial score (nSPS) is 27.9. The fraction of sp³-hybridized carbons (Fsp3) is 0.500. The second kappa shape index (κ2) is 3.35. The molecule has 0 saturated carbocycles. The first-order chi connectivity index (χ1) is 4.70. The van der Waals surface area contributed by atoms with E-state index in [1.807, 2.05) is 19.1 Å². The molecule has 2 atom stereocenters. The predicted molar refractivity (Wildman–Crippen MR) is 45.9 cm³/mol. The molecule has 0 heterocycles. The van der Waals surface area contributed by atoms with Crippen molar-refractivity contribution in [1.82, 2.24) is 0 Å². The summed E-state index contributed by atoms with van der Waals surface area (Å²) in [6, 6.07) is 0. The highest BCUT2D eigenvalue weighted by atomic mass is 79.9. The zero-order valence-corrected chi connectivity index (χ0v) is 7.51. The van der Waals surface area contributed by atoms with E-state index in [9.17, 15) is 0 Å². The second-order valence-corrected chi connectivity index (χ2v) is 3.50. The highest BCUT2D eigenvalue weighted by Gasteiger charge is 2.12. The van der Waals surface area contributed by atoms with E-state index in [0.717, 1.165) is 10.9 Å². The van der Waals surface area contributed by atoms with Gasteiger partial charge in [0.25, 0.3) is 0 Å². The van der Waals surface area contributed by atoms with Crippen LogP contribution in [0.1, 0.15) is 13.3 Å². The molecule has 0 aromatic heterocycles. The summed E-state index contributed by atoms with van der Waals surface area (Å²) in [4.78, 5) is 0. The lowest BCUT2D eigenvalue weighted by Gasteiger charge is -2.16. The standard InChI is InChI=1S/C8H11BrO/c1-6(10)7-2-4-8(9)5-3-7/h2,4-7,10H,3H2,1H3/t6?,7-/m1/s1. The Hall–Kier alpha value is -0.0800. The number of rotatable bonds is 1. The number of hydrogen-bond donors (Lipinski definition) is 1. The van der Waals surface area contributed by atoms with Crippen molar-refractivity contribution in [2.75, 3.05) is 0 Å². The van der Waals surface area contributed by atoms with Crippen molar-refractivity contribution in [3.8, 4) is 0 Å². The van der Waals surface area contributed by atoms with Crippen LogP contribution in [-0.2, 0) is 0 Å². The van der Waals surface area contributed by atoms with E-state index in [4.69, 9.17) is 5.11 Å². The predicted octanol–water partition coefficient (Wildman–Crippen LogP) is 2.22. The van der Waals surface area contributed by atoms with Gasteiger partial charge in [-0.25, -0.2) is 0 Å². The molecule has 0 spiro atoms. The van der Waals surface area contributed by atoms with Crippen LogP contribution in [0.3, 0.4) is 0 Å². The first-order valence-corrected chi connectivity index (χ1v) is 4.21. The van der Waals surface area contributed by atoms with E-state index in [0.29, 0.717) is 5.92 Å². The van der Waals surface area contributed by atoms with Gasteiger partial charge < -0.3 is 5.11 Å². The van der Waals surface area contributed by atoms with Crippen molar-refractivity contribution < 1.29 is 5.11 Å². The Balaban J connectivity index is 2.52. The quantitative estimate of drug-likeness (QED) is 0.692. The minimum absolute atomic E-state index is 0.229. The van der Waals surface area contributed by atoms with Gasteiger partial charge in [-0.1, -0.05) is 34.2 Å². The zero-order valence-electron chi connectivity index (χ0n) is 5.92. The van der Waals surface area contributed by atoms with Crippen LogP contribution >= 0.6 is 15.9 Å². The number of aliphatic hydroxyl groups excluding tert-OH is 1. The zero-order chi connectivity index (χ0) is 7.56. The van der Waals surface area contributed by atoms with Crippen LogP contribution in [0, 0.1) is 5.92 Å². The van der Waals surface area contributed by atoms with E-state index in [-0.39, 0.29) is 6.10 Å². The lowest BCUT2D eigenvalue weighted by Crippen LogP contribution is -2.14. The smallest absolute Gasteiger partial charge is 0.0577 e. The molecule has 0 amide bonds. The third-order valence-electron chi connectivity index (χ3n) is 1.71. The molecule has 0 fully saturated rings. The summed E-state index contributed by atoms with van der Waals surface area (Å²) in [6.07, 6.45) is 6.81. The van der Waals surface area contributed by atoms with Crippen LogP contribution in [0.2, 0.25) is 0 Å². The van der Waals surface area contributed by atoms with Gasteiger partial charge in [-0.2, -0.15) is 0 Å². The highest BCUT2D eigenvalue weighted by molar-refractivity contribution is 9.11. The fourth-order valence-electron chi connectivity index (χ4n) is 0.969. The van der Waals surface area contributed by atoms with Crippen LogP contribution in [0.4, 0.5) is 0 Å². The van der Waals surface area contributed by atoms with Crippen molar-refractivity contribution in [2.24, 2.45) is 5.92 Å². The number of allylic oxidation sites excluding steroid dienone is 3. The van der Waals surface area contributed by atoms with Crippen LogP contribution < -0.4 is 0 Å². The molecule has 1 N–H and O–H groups in total. The third-order valence-corrected chi connectivity index (χ3v) is 2.30. The Labute approximate surface area is 69.6 Å². The van der Waals surface area contributed by atoms with Gasteiger partial charge in [-0.3, -0.25) is 0 Å². The van der Waals surface area contributed by atoms with Crippen LogP contribution in [0.25, 0.3) is 0 Å². The van der Waals surface area contributed by atoms with E-state index >= 15 is 0 Å². The first kappa shape index (κ1) is 8.02. The SMILES string of the molecule is CC(O)[C@@H]1C=CC(Br)=CC1. The summed E-state index contributed by atoms with van der Waals surface area (Å²) in [7, 11) is 0. The summed E-state index contributed by atoms with van der Waals surface area (Å²) in [5.74, 6) is 0.307. The summed E-state index contributed by atoms with van der Waals surface area (Å²) in [5, 5.41) is 9.17. The summed E-state index contributed by atoms with van der Waals surface area (Å²) < 4.78 is 1.12. The maximum absolute atomic E-state index is 9.17. The van der Waals surface area contributed by atoms with Gasteiger partial charge >= 0.3 is 0 Å². The largest absolute Gasteiger partial charge is 0.393 e. The maximum atomic E-state index is 9.17. The van der Waals surface area contributed by atoms with Gasteiger partial charge in [-0.05, 0) is 13.3 Å². The van der Waals surface area contributed by atoms with Crippen molar-refractivity contribution in [1.29, 1.82) is 0 Å². The Morgan fingerprint density at radius 1 is 1.80 bits per heavy atom. The van der Waals surface area contributed by atoms with Crippen molar-refractivity contribution >= 4 is 15.9 Å². The Bertz CT molecular complexity index is 170. The molecule has 0 aromatic carbocycles. The lowest BCUT2D eigenvalue weighted by molar-refractivity contribution is 0.149. The molecule has 0 saturated heterocycles. The Morgan fingerprint density at radius 3 is 2.90 bits per heavy atom. The van der Waals surface area contributed by atoms with Gasteiger partial charge in [-0.15, -0.1) is 0 Å². The van der Waals surface area contributed by atoms with Crippen molar-refractivity contribution in [3.63, 3.8) is 0 Å². The molecular weight excluding hydrogens is 192 g/mol. The molecule has 1 nitrogen and oxygen atoms in total. The van der Waals surface area contributed by atoms with Crippen LogP contribution in [0.5, 0.6) is 0 Å². The van der Waals surface area contributed by atoms with Gasteiger partial charge in [0, 0.05) is 10.4 Å². The topological polar surface area (TPSA) is 20.2 Å². The maximum Gasteiger partial charge on any atom is 0.0577 e. The third kappa shape index (κ3) is 1.96. The molecule has 1 unspecified atom stereocenters. The second-order valence-electron chi connectivity index (χ2n) is 2.59. The summed E-state index contributed by atoms with van der Waals surface area (Å²) >= 11 is 3.36. The molecule has 0 radical (unpaired) electrons. The number of hydrogen-bond acceptors (Lipinski definition) is 1. The minimum atomic E-state index is -0.229. The van der Waals surface area contributed by atoms with Crippen LogP contribution in [-0.4, -0.2) is 11.2 Å². The summed E-state index contributed by atoms with van der Waals surface area (Å²) in [6.45, 7) is 1.82. The number of aliphatic hydroxyl groups is 1. The summed E-state index contributed by atoms with van der Waals surface area (Å²) in [5.41, 5.74) is 0. The minimum Gasteiger partial charge on any atom is -0.393 e. The van der Waals surface area contributed by atoms with E-state index < -0.39 is 0 Å². The highest BCUT2D eigenvalue weighted by Crippen LogP contribution is 2.22. The van der Waals surface area contributed by atoms with Crippen molar-refractivity contribution in [3.05, 3.63) is 22.7 Å². The average Bonchev–Trinajstić information content (AvgIpc) is 1.88. The van der Waals surface area contributed by atoms with Crippen molar-refractivity contribution in [2.45, 2.75) is 19.4 Å². The molecular formula is C8H11BrO. The molecule has 2 heteroatoms. The van der Waals surface area contributed by atoms with E-state index in [2.05, 4.69) is 22.0 Å². The van der Waals surface area contributed by atoms with Gasteiger partial charge in [0.15, 0.2) is 0 Å². The monoisotopic (exact) mass is 202 g/mol. The molecule has 0 bridgehead atoms. The molecule has 10 heavy (non-hydrogen) atoms. The fourth-order valence-corrected chi connectivity index (χ4v) is 1.31. The van der Waals surface area contributed by atoms with Crippen LogP contribution in [0.15, 0.2) is 22.7 Å². The molecule has 0 aromatic rings. The van der Waals surface area contributed by atoms with E-state index in [1.54, 1.807) is 0 Å². The van der Waals surface area contributed by atoms with E-state index in [1.165, 1.54) is 0 Å². The average molecular weight is 203 g/mol. The van der Waals surface area contributed by atoms with Gasteiger partial charge in [0.1, 0.15) is 0 Å². The van der Waals surface area contributed by atoms with Gasteiger partial charge in [0.2, 0.25) is 0 Å². The van der Waals surface area contributed by atoms with Gasteiger partial charge in [0.05, 0.1) is 6.10 Å². The molecule has 56 valence electrons. The molecule has 1 aliphatic carbocycles. The lowest BCUT2D eigenvalue weighted by atomic mass is 9.96.